The van der Waals surface area contributed by atoms with Gasteiger partial charge in [-0.25, -0.2) is 4.79 Å². The Hall–Kier alpha value is -1.86. The Morgan fingerprint density at radius 2 is 2.00 bits per heavy atom. The first kappa shape index (κ1) is 16.2. The van der Waals surface area contributed by atoms with Crippen molar-refractivity contribution in [2.24, 2.45) is 0 Å². The van der Waals surface area contributed by atoms with E-state index < -0.39 is 0 Å². The van der Waals surface area contributed by atoms with Gasteiger partial charge < -0.3 is 15.4 Å². The molecule has 0 saturated heterocycles. The van der Waals surface area contributed by atoms with E-state index in [-0.39, 0.29) is 24.7 Å². The smallest absolute Gasteiger partial charge is 0.315 e. The van der Waals surface area contributed by atoms with Crippen LogP contribution < -0.4 is 15.4 Å². The lowest BCUT2D eigenvalue weighted by molar-refractivity contribution is 0.233. The molecule has 0 heterocycles. The van der Waals surface area contributed by atoms with Crippen LogP contribution in [0.15, 0.2) is 24.3 Å². The van der Waals surface area contributed by atoms with Crippen molar-refractivity contribution in [3.05, 3.63) is 29.3 Å². The maximum atomic E-state index is 11.4. The summed E-state index contributed by atoms with van der Waals surface area (Å²) in [7, 11) is 0. The molecule has 0 spiro atoms. The fraction of sp³-hybridized carbons (Fsp3) is 0.400. The second-order valence-electron chi connectivity index (χ2n) is 5.13. The third kappa shape index (κ3) is 6.91. The molecule has 5 heteroatoms. The average molecular weight is 295 g/mol. The van der Waals surface area contributed by atoms with Crippen molar-refractivity contribution in [2.45, 2.75) is 26.3 Å². The van der Waals surface area contributed by atoms with Gasteiger partial charge in [-0.05, 0) is 32.9 Å². The molecule has 2 amide bonds. The summed E-state index contributed by atoms with van der Waals surface area (Å²) in [6, 6.07) is 6.96. The number of amides is 2. The lowest BCUT2D eigenvalue weighted by Gasteiger charge is -2.20. The first-order chi connectivity index (χ1) is 9.38. The standard InChI is InChI=1S/C15H19ClN2O2/c1-15(2,3)18-14(19)17-10-6-7-11-20-13-9-5-4-8-12(13)16/h4-5,8-9H,10-11H2,1-3H3,(H2,17,18,19). The first-order valence-corrected chi connectivity index (χ1v) is 6.65. The summed E-state index contributed by atoms with van der Waals surface area (Å²) in [5.41, 5.74) is -0.259. The number of rotatable bonds is 3. The lowest BCUT2D eigenvalue weighted by Crippen LogP contribution is -2.46. The Labute approximate surface area is 124 Å². The lowest BCUT2D eigenvalue weighted by atomic mass is 10.1. The third-order valence-electron chi connectivity index (χ3n) is 2.09. The molecule has 0 aliphatic carbocycles. The van der Waals surface area contributed by atoms with Gasteiger partial charge in [-0.2, -0.15) is 0 Å². The molecule has 108 valence electrons. The molecule has 0 unspecified atom stereocenters. The summed E-state index contributed by atoms with van der Waals surface area (Å²) < 4.78 is 5.39. The molecule has 1 rings (SSSR count). The van der Waals surface area contributed by atoms with Crippen molar-refractivity contribution in [1.29, 1.82) is 0 Å². The van der Waals surface area contributed by atoms with Gasteiger partial charge in [0.05, 0.1) is 11.6 Å². The molecule has 0 atom stereocenters. The summed E-state index contributed by atoms with van der Waals surface area (Å²) in [5, 5.41) is 5.97. The summed E-state index contributed by atoms with van der Waals surface area (Å²) in [6.45, 7) is 6.24. The molecular weight excluding hydrogens is 276 g/mol. The number of carbonyl (C=O) groups is 1. The highest BCUT2D eigenvalue weighted by molar-refractivity contribution is 6.32. The van der Waals surface area contributed by atoms with Crippen molar-refractivity contribution >= 4 is 17.6 Å². The van der Waals surface area contributed by atoms with Crippen LogP contribution in [0.25, 0.3) is 0 Å². The largest absolute Gasteiger partial charge is 0.479 e. The zero-order valence-corrected chi connectivity index (χ0v) is 12.7. The number of nitrogens with one attached hydrogen (secondary N) is 2. The number of urea groups is 1. The van der Waals surface area contributed by atoms with Crippen molar-refractivity contribution in [2.75, 3.05) is 13.2 Å². The highest BCUT2D eigenvalue weighted by Crippen LogP contribution is 2.22. The molecule has 0 saturated carbocycles. The van der Waals surface area contributed by atoms with Gasteiger partial charge in [0.25, 0.3) is 0 Å². The van der Waals surface area contributed by atoms with Gasteiger partial charge >= 0.3 is 6.03 Å². The maximum Gasteiger partial charge on any atom is 0.315 e. The number of carbonyl (C=O) groups excluding carboxylic acids is 1. The van der Waals surface area contributed by atoms with Crippen LogP contribution in [0.4, 0.5) is 4.79 Å². The Balaban J connectivity index is 2.24. The maximum absolute atomic E-state index is 11.4. The monoisotopic (exact) mass is 294 g/mol. The molecule has 4 nitrogen and oxygen atoms in total. The van der Waals surface area contributed by atoms with Crippen molar-refractivity contribution in [1.82, 2.24) is 10.6 Å². The molecule has 0 aliphatic rings. The quantitative estimate of drug-likeness (QED) is 0.842. The number of halogens is 1. The number of ether oxygens (including phenoxy) is 1. The fourth-order valence-electron chi connectivity index (χ4n) is 1.30. The number of hydrogen-bond donors (Lipinski definition) is 2. The molecule has 1 aromatic rings. The molecule has 2 N–H and O–H groups in total. The highest BCUT2D eigenvalue weighted by Gasteiger charge is 2.12. The van der Waals surface area contributed by atoms with Gasteiger partial charge in [0.1, 0.15) is 12.4 Å². The van der Waals surface area contributed by atoms with Crippen molar-refractivity contribution in [3.8, 4) is 17.6 Å². The van der Waals surface area contributed by atoms with Crippen LogP contribution in [-0.4, -0.2) is 24.7 Å². The first-order valence-electron chi connectivity index (χ1n) is 6.27. The van der Waals surface area contributed by atoms with Crippen LogP contribution in [-0.2, 0) is 0 Å². The highest BCUT2D eigenvalue weighted by atomic mass is 35.5. The molecular formula is C15H19ClN2O2. The molecule has 1 aromatic carbocycles. The van der Waals surface area contributed by atoms with E-state index in [1.54, 1.807) is 12.1 Å². The number of benzene rings is 1. The van der Waals surface area contributed by atoms with E-state index in [9.17, 15) is 4.79 Å². The van der Waals surface area contributed by atoms with Crippen molar-refractivity contribution < 1.29 is 9.53 Å². The zero-order chi connectivity index (χ0) is 15.0. The minimum atomic E-state index is -0.259. The Morgan fingerprint density at radius 3 is 2.65 bits per heavy atom. The normalized spacial score (nSPS) is 10.2. The number of hydrogen-bond acceptors (Lipinski definition) is 2. The van der Waals surface area contributed by atoms with Crippen LogP contribution in [0.1, 0.15) is 20.8 Å². The van der Waals surface area contributed by atoms with E-state index in [1.807, 2.05) is 32.9 Å². The summed E-state index contributed by atoms with van der Waals surface area (Å²) in [4.78, 5) is 11.4. The minimum Gasteiger partial charge on any atom is -0.479 e. The number of para-hydroxylation sites is 1. The minimum absolute atomic E-state index is 0.228. The zero-order valence-electron chi connectivity index (χ0n) is 11.9. The van der Waals surface area contributed by atoms with E-state index in [0.29, 0.717) is 10.8 Å². The Bertz CT molecular complexity index is 513. The van der Waals surface area contributed by atoms with Gasteiger partial charge in [0, 0.05) is 5.54 Å². The van der Waals surface area contributed by atoms with Gasteiger partial charge in [0.15, 0.2) is 0 Å². The van der Waals surface area contributed by atoms with E-state index >= 15 is 0 Å². The average Bonchev–Trinajstić information content (AvgIpc) is 2.33. The SMILES string of the molecule is CC(C)(C)NC(=O)NCC#CCOc1ccccc1Cl. The molecule has 20 heavy (non-hydrogen) atoms. The van der Waals surface area contributed by atoms with E-state index in [1.165, 1.54) is 0 Å². The molecule has 0 aromatic heterocycles. The summed E-state index contributed by atoms with van der Waals surface area (Å²) >= 11 is 5.93. The van der Waals surface area contributed by atoms with Crippen LogP contribution >= 0.6 is 11.6 Å². The van der Waals surface area contributed by atoms with Crippen LogP contribution in [0.3, 0.4) is 0 Å². The predicted molar refractivity (Wildman–Crippen MR) is 81.0 cm³/mol. The second-order valence-corrected chi connectivity index (χ2v) is 5.54. The molecule has 0 bridgehead atoms. The van der Waals surface area contributed by atoms with E-state index in [0.717, 1.165) is 0 Å². The van der Waals surface area contributed by atoms with E-state index in [2.05, 4.69) is 22.5 Å². The van der Waals surface area contributed by atoms with E-state index in [4.69, 9.17) is 16.3 Å². The predicted octanol–water partition coefficient (Wildman–Crippen LogP) is 2.82. The molecule has 0 aliphatic heterocycles. The Morgan fingerprint density at radius 1 is 1.30 bits per heavy atom. The topological polar surface area (TPSA) is 50.4 Å². The Kier molecular flexibility index (Phi) is 6.20. The summed E-state index contributed by atoms with van der Waals surface area (Å²) in [6.07, 6.45) is 0. The van der Waals surface area contributed by atoms with Crippen LogP contribution in [0.2, 0.25) is 5.02 Å². The fourth-order valence-corrected chi connectivity index (χ4v) is 1.49. The summed E-state index contributed by atoms with van der Waals surface area (Å²) in [5.74, 6) is 6.21. The van der Waals surface area contributed by atoms with Gasteiger partial charge in [-0.15, -0.1) is 0 Å². The van der Waals surface area contributed by atoms with Gasteiger partial charge in [0.2, 0.25) is 0 Å². The van der Waals surface area contributed by atoms with Crippen molar-refractivity contribution in [3.63, 3.8) is 0 Å². The van der Waals surface area contributed by atoms with Gasteiger partial charge in [-0.1, -0.05) is 35.6 Å². The molecule has 0 radical (unpaired) electrons. The van der Waals surface area contributed by atoms with Crippen LogP contribution in [0, 0.1) is 11.8 Å². The third-order valence-corrected chi connectivity index (χ3v) is 2.40. The van der Waals surface area contributed by atoms with Crippen LogP contribution in [0.5, 0.6) is 5.75 Å². The second kappa shape index (κ2) is 7.66. The molecule has 0 fully saturated rings. The van der Waals surface area contributed by atoms with Gasteiger partial charge in [-0.3, -0.25) is 0 Å².